The molecule has 0 saturated heterocycles. The highest BCUT2D eigenvalue weighted by Gasteiger charge is 1.96. The van der Waals surface area contributed by atoms with Crippen molar-refractivity contribution < 1.29 is 4.74 Å². The van der Waals surface area contributed by atoms with Gasteiger partial charge in [0.15, 0.2) is 5.96 Å². The van der Waals surface area contributed by atoms with Crippen molar-refractivity contribution in [1.82, 2.24) is 10.6 Å². The van der Waals surface area contributed by atoms with Gasteiger partial charge in [-0.05, 0) is 18.2 Å². The molecule has 0 radical (unpaired) electrons. The predicted octanol–water partition coefficient (Wildman–Crippen LogP) is 2.80. The topological polar surface area (TPSA) is 45.7 Å². The SMILES string of the molecule is C=CCNC(=NC)NCCOc1cccc(Br)c1.I. The minimum Gasteiger partial charge on any atom is -0.492 e. The van der Waals surface area contributed by atoms with Crippen LogP contribution in [0.15, 0.2) is 46.4 Å². The molecule has 6 heteroatoms. The van der Waals surface area contributed by atoms with Gasteiger partial charge in [0.25, 0.3) is 0 Å². The second-order valence-corrected chi connectivity index (χ2v) is 4.39. The minimum absolute atomic E-state index is 0. The Hall–Kier alpha value is -0.760. The molecule has 2 N–H and O–H groups in total. The van der Waals surface area contributed by atoms with Crippen LogP contribution in [0.4, 0.5) is 0 Å². The standard InChI is InChI=1S/C13H18BrN3O.HI/c1-3-7-16-13(15-2)17-8-9-18-12-6-4-5-11(14)10-12;/h3-6,10H,1,7-9H2,2H3,(H2,15,16,17);1H. The summed E-state index contributed by atoms with van der Waals surface area (Å²) in [6, 6.07) is 7.77. The van der Waals surface area contributed by atoms with Crippen LogP contribution in [0.2, 0.25) is 0 Å². The molecule has 0 aromatic heterocycles. The number of hydrogen-bond donors (Lipinski definition) is 2. The maximum Gasteiger partial charge on any atom is 0.191 e. The second-order valence-electron chi connectivity index (χ2n) is 3.47. The second kappa shape index (κ2) is 11.1. The van der Waals surface area contributed by atoms with E-state index in [1.807, 2.05) is 24.3 Å². The van der Waals surface area contributed by atoms with Crippen LogP contribution in [-0.4, -0.2) is 32.7 Å². The monoisotopic (exact) mass is 439 g/mol. The molecule has 0 atom stereocenters. The first kappa shape index (κ1) is 18.2. The number of nitrogens with zero attached hydrogens (tertiary/aromatic N) is 1. The van der Waals surface area contributed by atoms with E-state index in [1.165, 1.54) is 0 Å². The van der Waals surface area contributed by atoms with Crippen LogP contribution in [0.1, 0.15) is 0 Å². The highest BCUT2D eigenvalue weighted by Crippen LogP contribution is 2.17. The molecule has 4 nitrogen and oxygen atoms in total. The first-order valence-corrected chi connectivity index (χ1v) is 6.49. The molecule has 1 aromatic rings. The highest BCUT2D eigenvalue weighted by atomic mass is 127. The van der Waals surface area contributed by atoms with Crippen LogP contribution in [0, 0.1) is 0 Å². The van der Waals surface area contributed by atoms with Gasteiger partial charge in [-0.25, -0.2) is 0 Å². The lowest BCUT2D eigenvalue weighted by atomic mass is 10.3. The number of nitrogens with one attached hydrogen (secondary N) is 2. The van der Waals surface area contributed by atoms with Gasteiger partial charge in [0.05, 0.1) is 6.54 Å². The molecule has 19 heavy (non-hydrogen) atoms. The molecule has 0 amide bonds. The first-order valence-electron chi connectivity index (χ1n) is 5.70. The summed E-state index contributed by atoms with van der Waals surface area (Å²) in [5, 5.41) is 6.23. The van der Waals surface area contributed by atoms with Gasteiger partial charge in [-0.15, -0.1) is 30.6 Å². The number of aliphatic imine (C=N–C) groups is 1. The predicted molar refractivity (Wildman–Crippen MR) is 94.6 cm³/mol. The fourth-order valence-electron chi connectivity index (χ4n) is 1.28. The Morgan fingerprint density at radius 1 is 1.47 bits per heavy atom. The molecule has 1 aromatic carbocycles. The molecule has 0 aliphatic carbocycles. The lowest BCUT2D eigenvalue weighted by Gasteiger charge is -2.11. The van der Waals surface area contributed by atoms with Gasteiger partial charge in [0, 0.05) is 18.1 Å². The van der Waals surface area contributed by atoms with E-state index in [9.17, 15) is 0 Å². The van der Waals surface area contributed by atoms with Gasteiger partial charge in [-0.2, -0.15) is 0 Å². The van der Waals surface area contributed by atoms with Crippen LogP contribution >= 0.6 is 39.9 Å². The molecule has 0 bridgehead atoms. The Balaban J connectivity index is 0.00000324. The van der Waals surface area contributed by atoms with Crippen LogP contribution in [0.25, 0.3) is 0 Å². The number of halogens is 2. The van der Waals surface area contributed by atoms with E-state index in [0.717, 1.165) is 16.2 Å². The zero-order valence-corrected chi connectivity index (χ0v) is 14.8. The van der Waals surface area contributed by atoms with E-state index in [0.29, 0.717) is 19.7 Å². The smallest absolute Gasteiger partial charge is 0.191 e. The first-order chi connectivity index (χ1) is 8.76. The van der Waals surface area contributed by atoms with Crippen LogP contribution in [0.3, 0.4) is 0 Å². The van der Waals surface area contributed by atoms with Crippen LogP contribution in [0.5, 0.6) is 5.75 Å². The van der Waals surface area contributed by atoms with E-state index < -0.39 is 0 Å². The Labute approximate surface area is 139 Å². The zero-order valence-electron chi connectivity index (χ0n) is 10.9. The number of benzene rings is 1. The number of guanidine groups is 1. The van der Waals surface area contributed by atoms with Gasteiger partial charge < -0.3 is 15.4 Å². The molecule has 0 fully saturated rings. The molecular formula is C13H19BrIN3O. The van der Waals surface area contributed by atoms with Crippen molar-refractivity contribution in [1.29, 1.82) is 0 Å². The molecule has 0 aliphatic rings. The van der Waals surface area contributed by atoms with E-state index >= 15 is 0 Å². The van der Waals surface area contributed by atoms with Crippen LogP contribution in [-0.2, 0) is 0 Å². The molecule has 1 rings (SSSR count). The van der Waals surface area contributed by atoms with Crippen molar-refractivity contribution in [2.24, 2.45) is 4.99 Å². The average molecular weight is 440 g/mol. The van der Waals surface area contributed by atoms with E-state index in [4.69, 9.17) is 4.74 Å². The largest absolute Gasteiger partial charge is 0.492 e. The molecule has 106 valence electrons. The van der Waals surface area contributed by atoms with Crippen molar-refractivity contribution >= 4 is 45.9 Å². The summed E-state index contributed by atoms with van der Waals surface area (Å²) in [4.78, 5) is 4.07. The summed E-state index contributed by atoms with van der Waals surface area (Å²) in [7, 11) is 1.73. The molecule has 0 saturated carbocycles. The summed E-state index contributed by atoms with van der Waals surface area (Å²) >= 11 is 3.40. The highest BCUT2D eigenvalue weighted by molar-refractivity contribution is 14.0. The third-order valence-electron chi connectivity index (χ3n) is 2.10. The zero-order chi connectivity index (χ0) is 13.2. The van der Waals surface area contributed by atoms with Crippen LogP contribution < -0.4 is 15.4 Å². The summed E-state index contributed by atoms with van der Waals surface area (Å²) < 4.78 is 6.60. The number of hydrogen-bond acceptors (Lipinski definition) is 2. The molecule has 0 aliphatic heterocycles. The van der Waals surface area contributed by atoms with Crippen molar-refractivity contribution in [3.63, 3.8) is 0 Å². The van der Waals surface area contributed by atoms with Gasteiger partial charge in [-0.3, -0.25) is 4.99 Å². The van der Waals surface area contributed by atoms with Crippen molar-refractivity contribution in [3.8, 4) is 5.75 Å². The summed E-state index contributed by atoms with van der Waals surface area (Å²) in [5.41, 5.74) is 0. The van der Waals surface area contributed by atoms with E-state index in [-0.39, 0.29) is 24.0 Å². The van der Waals surface area contributed by atoms with Gasteiger partial charge in [-0.1, -0.05) is 28.1 Å². The Bertz CT molecular complexity index is 413. The molecule has 0 heterocycles. The van der Waals surface area contributed by atoms with Crippen molar-refractivity contribution in [3.05, 3.63) is 41.4 Å². The lowest BCUT2D eigenvalue weighted by Crippen LogP contribution is -2.39. The third kappa shape index (κ3) is 8.10. The van der Waals surface area contributed by atoms with Crippen molar-refractivity contribution in [2.45, 2.75) is 0 Å². The normalized spacial score (nSPS) is 10.3. The molecule has 0 unspecified atom stereocenters. The maximum absolute atomic E-state index is 5.59. The lowest BCUT2D eigenvalue weighted by molar-refractivity contribution is 0.322. The molecule has 0 spiro atoms. The summed E-state index contributed by atoms with van der Waals surface area (Å²) in [6.45, 7) is 5.58. The Kier molecular flexibility index (Phi) is 10.7. The summed E-state index contributed by atoms with van der Waals surface area (Å²) in [6.07, 6.45) is 1.78. The van der Waals surface area contributed by atoms with Crippen molar-refractivity contribution in [2.75, 3.05) is 26.7 Å². The number of rotatable bonds is 6. The van der Waals surface area contributed by atoms with Gasteiger partial charge in [0.1, 0.15) is 12.4 Å². The minimum atomic E-state index is 0. The molecular weight excluding hydrogens is 421 g/mol. The third-order valence-corrected chi connectivity index (χ3v) is 2.59. The van der Waals surface area contributed by atoms with E-state index in [1.54, 1.807) is 13.1 Å². The fourth-order valence-corrected chi connectivity index (χ4v) is 1.66. The van der Waals surface area contributed by atoms with Gasteiger partial charge >= 0.3 is 0 Å². The average Bonchev–Trinajstić information content (AvgIpc) is 2.38. The quantitative estimate of drug-likeness (QED) is 0.235. The fraction of sp³-hybridized carbons (Fsp3) is 0.308. The Morgan fingerprint density at radius 2 is 2.26 bits per heavy atom. The maximum atomic E-state index is 5.59. The van der Waals surface area contributed by atoms with E-state index in [2.05, 4.69) is 38.1 Å². The Morgan fingerprint density at radius 3 is 2.89 bits per heavy atom. The number of ether oxygens (including phenoxy) is 1. The van der Waals surface area contributed by atoms with Gasteiger partial charge in [0.2, 0.25) is 0 Å². The summed E-state index contributed by atoms with van der Waals surface area (Å²) in [5.74, 6) is 1.59.